The number of nitrogens with zero attached hydrogens (tertiary/aromatic N) is 5. The Morgan fingerprint density at radius 3 is 2.41 bits per heavy atom. The molecule has 1 aliphatic rings. The Hall–Kier alpha value is -4.68. The second-order valence-corrected chi connectivity index (χ2v) is 10.4. The number of carbonyl (C=O) groups is 1. The van der Waals surface area contributed by atoms with Crippen LogP contribution in [0.3, 0.4) is 0 Å². The van der Waals surface area contributed by atoms with E-state index in [9.17, 15) is 9.90 Å². The third-order valence-corrected chi connectivity index (χ3v) is 7.46. The number of anilines is 3. The molecule has 0 radical (unpaired) electrons. The van der Waals surface area contributed by atoms with E-state index in [0.717, 1.165) is 44.7 Å². The third kappa shape index (κ3) is 7.09. The van der Waals surface area contributed by atoms with Gasteiger partial charge in [-0.15, -0.1) is 0 Å². The molecule has 0 atom stereocenters. The molecule has 1 saturated heterocycles. The van der Waals surface area contributed by atoms with Gasteiger partial charge in [-0.05, 0) is 42.8 Å². The largest absolute Gasteiger partial charge is 0.497 e. The van der Waals surface area contributed by atoms with E-state index >= 15 is 0 Å². The normalized spacial score (nSPS) is 13.6. The van der Waals surface area contributed by atoms with Gasteiger partial charge in [0.05, 0.1) is 32.1 Å². The van der Waals surface area contributed by atoms with Gasteiger partial charge >= 0.3 is 5.97 Å². The summed E-state index contributed by atoms with van der Waals surface area (Å²) in [5, 5.41) is 13.2. The summed E-state index contributed by atoms with van der Waals surface area (Å²) < 4.78 is 22.3. The van der Waals surface area contributed by atoms with Crippen LogP contribution in [-0.2, 0) is 11.2 Å². The van der Waals surface area contributed by atoms with Crippen LogP contribution < -0.4 is 19.7 Å². The van der Waals surface area contributed by atoms with Crippen molar-refractivity contribution in [1.29, 1.82) is 0 Å². The quantitative estimate of drug-likeness (QED) is 0.214. The Morgan fingerprint density at radius 1 is 1.00 bits per heavy atom. The van der Waals surface area contributed by atoms with E-state index in [1.54, 1.807) is 45.7 Å². The van der Waals surface area contributed by atoms with Crippen LogP contribution in [0.1, 0.15) is 29.6 Å². The van der Waals surface area contributed by atoms with Crippen molar-refractivity contribution in [2.75, 3.05) is 70.9 Å². The zero-order chi connectivity index (χ0) is 31.1. The highest BCUT2D eigenvalue weighted by molar-refractivity contribution is 5.96. The van der Waals surface area contributed by atoms with Crippen LogP contribution in [0.2, 0.25) is 0 Å². The topological polar surface area (TPSA) is 135 Å². The van der Waals surface area contributed by atoms with E-state index in [0.29, 0.717) is 64.9 Å². The zero-order valence-electron chi connectivity index (χ0n) is 25.5. The van der Waals surface area contributed by atoms with Crippen molar-refractivity contribution in [1.82, 2.24) is 19.9 Å². The monoisotopic (exact) mass is 602 g/mol. The molecule has 2 N–H and O–H groups in total. The predicted molar refractivity (Wildman–Crippen MR) is 167 cm³/mol. The van der Waals surface area contributed by atoms with Crippen molar-refractivity contribution in [3.63, 3.8) is 0 Å². The van der Waals surface area contributed by atoms with Gasteiger partial charge in [-0.3, -0.25) is 4.90 Å². The van der Waals surface area contributed by atoms with Crippen molar-refractivity contribution in [2.24, 2.45) is 0 Å². The highest BCUT2D eigenvalue weighted by atomic mass is 16.5. The number of aromatic carboxylic acids is 1. The second-order valence-electron chi connectivity index (χ2n) is 10.4. The number of ether oxygens (including phenoxy) is 3. The average Bonchev–Trinajstić information content (AvgIpc) is 3.48. The van der Waals surface area contributed by atoms with Gasteiger partial charge in [0.1, 0.15) is 22.9 Å². The number of piperazine rings is 1. The third-order valence-electron chi connectivity index (χ3n) is 7.46. The Balaban J connectivity index is 1.41. The maximum absolute atomic E-state index is 12.3. The number of hydrogen-bond acceptors (Lipinski definition) is 11. The molecule has 0 bridgehead atoms. The second kappa shape index (κ2) is 14.2. The molecule has 0 amide bonds. The predicted octanol–water partition coefficient (Wildman–Crippen LogP) is 4.98. The first-order valence-corrected chi connectivity index (χ1v) is 14.6. The van der Waals surface area contributed by atoms with Crippen LogP contribution in [-0.4, -0.2) is 91.6 Å². The number of oxazole rings is 1. The first-order valence-electron chi connectivity index (χ1n) is 14.6. The molecule has 12 heteroatoms. The van der Waals surface area contributed by atoms with Gasteiger partial charge in [0.25, 0.3) is 0 Å². The van der Waals surface area contributed by atoms with Crippen LogP contribution in [0.5, 0.6) is 11.5 Å². The first-order chi connectivity index (χ1) is 21.4. The summed E-state index contributed by atoms with van der Waals surface area (Å²) >= 11 is 0. The fourth-order valence-corrected chi connectivity index (χ4v) is 5.17. The highest BCUT2D eigenvalue weighted by Gasteiger charge is 2.23. The molecule has 0 unspecified atom stereocenters. The number of aryl methyl sites for hydroxylation is 1. The molecule has 1 fully saturated rings. The lowest BCUT2D eigenvalue weighted by molar-refractivity contribution is 0.0697. The fraction of sp³-hybridized carbons (Fsp3) is 0.375. The van der Waals surface area contributed by atoms with E-state index in [1.807, 2.05) is 24.3 Å². The standard InChI is InChI=1S/C32H38N6O6/c1-5-6-28-36-29(21-17-23(42-3)20-24(18-21)43-4)30(44-28)26-9-10-33-32(35-26)34-22-7-8-27(25(19-22)31(39)40)38-13-11-37(12-14-38)15-16-41-2/h7-10,17-20H,5-6,11-16H2,1-4H3,(H,39,40)(H,33,34,35). The van der Waals surface area contributed by atoms with Crippen molar-refractivity contribution in [3.05, 3.63) is 60.1 Å². The molecule has 44 heavy (non-hydrogen) atoms. The van der Waals surface area contributed by atoms with Gasteiger partial charge in [0.15, 0.2) is 11.7 Å². The van der Waals surface area contributed by atoms with Crippen molar-refractivity contribution < 1.29 is 28.5 Å². The average molecular weight is 603 g/mol. The Bertz CT molecular complexity index is 1560. The molecule has 0 saturated carbocycles. The molecule has 0 spiro atoms. The van der Waals surface area contributed by atoms with Crippen molar-refractivity contribution in [3.8, 4) is 34.2 Å². The summed E-state index contributed by atoms with van der Waals surface area (Å²) in [5.41, 5.74) is 3.35. The summed E-state index contributed by atoms with van der Waals surface area (Å²) in [6.45, 7) is 6.76. The molecule has 0 aliphatic carbocycles. The van der Waals surface area contributed by atoms with E-state index in [-0.39, 0.29) is 5.56 Å². The van der Waals surface area contributed by atoms with Gasteiger partial charge in [-0.25, -0.2) is 19.7 Å². The minimum Gasteiger partial charge on any atom is -0.497 e. The van der Waals surface area contributed by atoms with Crippen molar-refractivity contribution >= 4 is 23.3 Å². The van der Waals surface area contributed by atoms with E-state index in [2.05, 4.69) is 27.0 Å². The van der Waals surface area contributed by atoms with E-state index in [1.165, 1.54) is 0 Å². The van der Waals surface area contributed by atoms with E-state index in [4.69, 9.17) is 28.6 Å². The maximum Gasteiger partial charge on any atom is 0.337 e. The number of nitrogens with one attached hydrogen (secondary N) is 1. The summed E-state index contributed by atoms with van der Waals surface area (Å²) in [6, 6.07) is 12.6. The maximum atomic E-state index is 12.3. The molecule has 1 aliphatic heterocycles. The lowest BCUT2D eigenvalue weighted by Crippen LogP contribution is -2.47. The lowest BCUT2D eigenvalue weighted by atomic mass is 10.1. The number of hydrogen-bond donors (Lipinski definition) is 2. The number of methoxy groups -OCH3 is 3. The van der Waals surface area contributed by atoms with Crippen LogP contribution >= 0.6 is 0 Å². The molecular weight excluding hydrogens is 564 g/mol. The summed E-state index contributed by atoms with van der Waals surface area (Å²) in [4.78, 5) is 30.6. The minimum atomic E-state index is -0.997. The first kappa shape index (κ1) is 30.8. The van der Waals surface area contributed by atoms with Crippen molar-refractivity contribution in [2.45, 2.75) is 19.8 Å². The number of benzene rings is 2. The summed E-state index contributed by atoms with van der Waals surface area (Å²) in [6.07, 6.45) is 3.15. The molecule has 12 nitrogen and oxygen atoms in total. The van der Waals surface area contributed by atoms with Gasteiger partial charge in [-0.2, -0.15) is 0 Å². The summed E-state index contributed by atoms with van der Waals surface area (Å²) in [5.74, 6) is 1.63. The Labute approximate surface area is 256 Å². The molecule has 3 heterocycles. The van der Waals surface area contributed by atoms with Crippen LogP contribution in [0.15, 0.2) is 53.1 Å². The van der Waals surface area contributed by atoms with Gasteiger partial charge in [0.2, 0.25) is 5.95 Å². The zero-order valence-corrected chi connectivity index (χ0v) is 25.5. The number of carboxylic acids is 1. The Kier molecular flexibility index (Phi) is 9.93. The molecular formula is C32H38N6O6. The summed E-state index contributed by atoms with van der Waals surface area (Å²) in [7, 11) is 4.89. The number of rotatable bonds is 13. The van der Waals surface area contributed by atoms with E-state index < -0.39 is 5.97 Å². The smallest absolute Gasteiger partial charge is 0.337 e. The van der Waals surface area contributed by atoms with Gasteiger partial charge in [-0.1, -0.05) is 6.92 Å². The molecule has 4 aromatic rings. The molecule has 2 aromatic heterocycles. The van der Waals surface area contributed by atoms with Crippen LogP contribution in [0.4, 0.5) is 17.3 Å². The van der Waals surface area contributed by atoms with Gasteiger partial charge in [0, 0.05) is 69.8 Å². The minimum absolute atomic E-state index is 0.213. The highest BCUT2D eigenvalue weighted by Crippen LogP contribution is 2.36. The molecule has 2 aromatic carbocycles. The number of aromatic nitrogens is 3. The van der Waals surface area contributed by atoms with Crippen LogP contribution in [0.25, 0.3) is 22.7 Å². The SMILES string of the molecule is CCCc1nc(-c2cc(OC)cc(OC)c2)c(-c2ccnc(Nc3ccc(N4CCN(CCOC)CC4)c(C(=O)O)c3)n2)o1. The fourth-order valence-electron chi connectivity index (χ4n) is 5.17. The lowest BCUT2D eigenvalue weighted by Gasteiger charge is -2.36. The van der Waals surface area contributed by atoms with Gasteiger partial charge < -0.3 is 34.0 Å². The molecule has 5 rings (SSSR count). The number of carboxylic acid groups (broad SMARTS) is 1. The van der Waals surface area contributed by atoms with Crippen LogP contribution in [0, 0.1) is 0 Å². The Morgan fingerprint density at radius 2 is 1.75 bits per heavy atom. The molecule has 232 valence electrons.